The van der Waals surface area contributed by atoms with Crippen molar-refractivity contribution in [2.24, 2.45) is 0 Å². The summed E-state index contributed by atoms with van der Waals surface area (Å²) in [5.41, 5.74) is 8.60. The number of anilines is 2. The van der Waals surface area contributed by atoms with Crippen LogP contribution in [0.2, 0.25) is 0 Å². The van der Waals surface area contributed by atoms with Gasteiger partial charge in [-0.3, -0.25) is 4.79 Å². The summed E-state index contributed by atoms with van der Waals surface area (Å²) in [5, 5.41) is 8.78. The molecule has 4 heteroatoms. The highest BCUT2D eigenvalue weighted by atomic mass is 16.4. The Hall–Kier alpha value is -1.71. The number of carbonyl (C=O) groups is 1. The summed E-state index contributed by atoms with van der Waals surface area (Å²) >= 11 is 0. The number of nitrogens with two attached hydrogens (primary N) is 1. The van der Waals surface area contributed by atoms with Crippen LogP contribution in [0.1, 0.15) is 12.0 Å². The Morgan fingerprint density at radius 1 is 1.53 bits per heavy atom. The standard InChI is InChI=1S/C11H14N2O2/c12-9-3-4-10-8(6-9)2-1-5-13(10)7-11(14)15/h3-4,6H,1-2,5,7,12H2,(H,14,15). The first-order valence-corrected chi connectivity index (χ1v) is 5.02. The van der Waals surface area contributed by atoms with Crippen LogP contribution in [-0.2, 0) is 11.2 Å². The van der Waals surface area contributed by atoms with Crippen molar-refractivity contribution in [3.8, 4) is 0 Å². The Kier molecular flexibility index (Phi) is 2.49. The molecule has 15 heavy (non-hydrogen) atoms. The number of carboxylic acids is 1. The molecule has 0 radical (unpaired) electrons. The van der Waals surface area contributed by atoms with Crippen molar-refractivity contribution < 1.29 is 9.90 Å². The maximum atomic E-state index is 10.7. The van der Waals surface area contributed by atoms with E-state index in [9.17, 15) is 4.79 Å². The van der Waals surface area contributed by atoms with Crippen LogP contribution in [0.4, 0.5) is 11.4 Å². The monoisotopic (exact) mass is 206 g/mol. The molecule has 0 bridgehead atoms. The molecule has 0 aromatic heterocycles. The molecule has 0 atom stereocenters. The molecule has 3 N–H and O–H groups in total. The van der Waals surface area contributed by atoms with Crippen molar-refractivity contribution >= 4 is 17.3 Å². The molecule has 0 unspecified atom stereocenters. The number of carboxylic acid groups (broad SMARTS) is 1. The Labute approximate surface area is 88.3 Å². The highest BCUT2D eigenvalue weighted by molar-refractivity contribution is 5.75. The van der Waals surface area contributed by atoms with Gasteiger partial charge in [0.05, 0.1) is 0 Å². The van der Waals surface area contributed by atoms with Crippen molar-refractivity contribution in [2.45, 2.75) is 12.8 Å². The average molecular weight is 206 g/mol. The van der Waals surface area contributed by atoms with E-state index in [0.29, 0.717) is 0 Å². The first-order valence-electron chi connectivity index (χ1n) is 5.02. The summed E-state index contributed by atoms with van der Waals surface area (Å²) in [6.45, 7) is 0.875. The van der Waals surface area contributed by atoms with Gasteiger partial charge in [-0.15, -0.1) is 0 Å². The van der Waals surface area contributed by atoms with Crippen LogP contribution < -0.4 is 10.6 Å². The molecule has 0 fully saturated rings. The van der Waals surface area contributed by atoms with Gasteiger partial charge < -0.3 is 15.7 Å². The topological polar surface area (TPSA) is 66.6 Å². The zero-order valence-electron chi connectivity index (χ0n) is 8.44. The number of fused-ring (bicyclic) bond motifs is 1. The smallest absolute Gasteiger partial charge is 0.323 e. The molecule has 4 nitrogen and oxygen atoms in total. The fraction of sp³-hybridized carbons (Fsp3) is 0.364. The average Bonchev–Trinajstić information content (AvgIpc) is 2.16. The van der Waals surface area contributed by atoms with Crippen molar-refractivity contribution in [2.75, 3.05) is 23.7 Å². The van der Waals surface area contributed by atoms with Crippen LogP contribution in [0.3, 0.4) is 0 Å². The Morgan fingerprint density at radius 3 is 3.07 bits per heavy atom. The maximum absolute atomic E-state index is 10.7. The lowest BCUT2D eigenvalue weighted by atomic mass is 10.0. The number of aliphatic carboxylic acids is 1. The van der Waals surface area contributed by atoms with Gasteiger partial charge in [0.2, 0.25) is 0 Å². The van der Waals surface area contributed by atoms with Gasteiger partial charge >= 0.3 is 5.97 Å². The number of benzene rings is 1. The van der Waals surface area contributed by atoms with E-state index >= 15 is 0 Å². The molecule has 0 saturated carbocycles. The third-order valence-corrected chi connectivity index (χ3v) is 2.64. The van der Waals surface area contributed by atoms with E-state index in [1.807, 2.05) is 23.1 Å². The van der Waals surface area contributed by atoms with Gasteiger partial charge in [0.15, 0.2) is 0 Å². The molecule has 1 aliphatic rings. The van der Waals surface area contributed by atoms with Crippen LogP contribution in [-0.4, -0.2) is 24.2 Å². The van der Waals surface area contributed by atoms with Crippen molar-refractivity contribution in [1.82, 2.24) is 0 Å². The van der Waals surface area contributed by atoms with Crippen LogP contribution in [0.25, 0.3) is 0 Å². The molecular weight excluding hydrogens is 192 g/mol. The van der Waals surface area contributed by atoms with E-state index in [4.69, 9.17) is 10.8 Å². The molecule has 1 heterocycles. The Balaban J connectivity index is 2.30. The lowest BCUT2D eigenvalue weighted by Crippen LogP contribution is -2.34. The summed E-state index contributed by atoms with van der Waals surface area (Å²) in [7, 11) is 0. The molecule has 80 valence electrons. The fourth-order valence-electron chi connectivity index (χ4n) is 2.02. The summed E-state index contributed by atoms with van der Waals surface area (Å²) in [4.78, 5) is 12.6. The van der Waals surface area contributed by atoms with Gasteiger partial charge in [0.1, 0.15) is 6.54 Å². The van der Waals surface area contributed by atoms with Crippen LogP contribution in [0.5, 0.6) is 0 Å². The predicted molar refractivity (Wildman–Crippen MR) is 59.0 cm³/mol. The molecule has 2 rings (SSSR count). The fourth-order valence-corrected chi connectivity index (χ4v) is 2.02. The van der Waals surface area contributed by atoms with Crippen molar-refractivity contribution in [3.05, 3.63) is 23.8 Å². The number of rotatable bonds is 2. The van der Waals surface area contributed by atoms with Gasteiger partial charge in [-0.25, -0.2) is 0 Å². The molecular formula is C11H14N2O2. The number of hydrogen-bond acceptors (Lipinski definition) is 3. The summed E-state index contributed by atoms with van der Waals surface area (Å²) < 4.78 is 0. The number of nitrogens with zero attached hydrogens (tertiary/aromatic N) is 1. The summed E-state index contributed by atoms with van der Waals surface area (Å²) in [5.74, 6) is -0.792. The zero-order chi connectivity index (χ0) is 10.8. The molecule has 1 aromatic rings. The van der Waals surface area contributed by atoms with Crippen molar-refractivity contribution in [3.63, 3.8) is 0 Å². The van der Waals surface area contributed by atoms with Crippen LogP contribution in [0, 0.1) is 0 Å². The van der Waals surface area contributed by atoms with Gasteiger partial charge in [0.25, 0.3) is 0 Å². The lowest BCUT2D eigenvalue weighted by molar-refractivity contribution is -0.135. The first-order chi connectivity index (χ1) is 7.16. The highest BCUT2D eigenvalue weighted by Gasteiger charge is 2.18. The van der Waals surface area contributed by atoms with Crippen LogP contribution >= 0.6 is 0 Å². The number of aryl methyl sites for hydroxylation is 1. The minimum atomic E-state index is -0.792. The quantitative estimate of drug-likeness (QED) is 0.711. The second-order valence-electron chi connectivity index (χ2n) is 3.81. The molecule has 1 aromatic carbocycles. The second kappa shape index (κ2) is 3.81. The van der Waals surface area contributed by atoms with E-state index < -0.39 is 5.97 Å². The van der Waals surface area contributed by atoms with E-state index in [0.717, 1.165) is 36.3 Å². The summed E-state index contributed by atoms with van der Waals surface area (Å²) in [6, 6.07) is 5.66. The SMILES string of the molecule is Nc1ccc2c(c1)CCCN2CC(=O)O. The maximum Gasteiger partial charge on any atom is 0.323 e. The molecule has 0 saturated heterocycles. The normalized spacial score (nSPS) is 14.8. The van der Waals surface area contributed by atoms with E-state index in [1.54, 1.807) is 0 Å². The number of hydrogen-bond donors (Lipinski definition) is 2. The third kappa shape index (κ3) is 2.03. The van der Waals surface area contributed by atoms with E-state index in [-0.39, 0.29) is 6.54 Å². The third-order valence-electron chi connectivity index (χ3n) is 2.64. The number of nitrogen functional groups attached to an aromatic ring is 1. The molecule has 0 spiro atoms. The summed E-state index contributed by atoms with van der Waals surface area (Å²) in [6.07, 6.45) is 1.97. The van der Waals surface area contributed by atoms with Gasteiger partial charge in [-0.05, 0) is 36.6 Å². The highest BCUT2D eigenvalue weighted by Crippen LogP contribution is 2.28. The molecule has 0 aliphatic carbocycles. The minimum Gasteiger partial charge on any atom is -0.480 e. The van der Waals surface area contributed by atoms with Gasteiger partial charge in [-0.2, -0.15) is 0 Å². The molecule has 1 aliphatic heterocycles. The van der Waals surface area contributed by atoms with Crippen molar-refractivity contribution in [1.29, 1.82) is 0 Å². The Morgan fingerprint density at radius 2 is 2.33 bits per heavy atom. The van der Waals surface area contributed by atoms with Crippen LogP contribution in [0.15, 0.2) is 18.2 Å². The van der Waals surface area contributed by atoms with E-state index in [1.165, 1.54) is 0 Å². The lowest BCUT2D eigenvalue weighted by Gasteiger charge is -2.29. The first kappa shape index (κ1) is 9.83. The van der Waals surface area contributed by atoms with Gasteiger partial charge in [0, 0.05) is 17.9 Å². The van der Waals surface area contributed by atoms with Gasteiger partial charge in [-0.1, -0.05) is 0 Å². The molecule has 0 amide bonds. The second-order valence-corrected chi connectivity index (χ2v) is 3.81. The zero-order valence-corrected chi connectivity index (χ0v) is 8.44. The predicted octanol–water partition coefficient (Wildman–Crippen LogP) is 1.11. The Bertz CT molecular complexity index is 390. The largest absolute Gasteiger partial charge is 0.480 e. The van der Waals surface area contributed by atoms with E-state index in [2.05, 4.69) is 0 Å². The minimum absolute atomic E-state index is 0.0664.